The van der Waals surface area contributed by atoms with Crippen molar-refractivity contribution in [1.29, 1.82) is 0 Å². The fraction of sp³-hybridized carbons (Fsp3) is 0.240. The van der Waals surface area contributed by atoms with E-state index in [1.165, 1.54) is 23.5 Å². The van der Waals surface area contributed by atoms with Crippen LogP contribution in [0.5, 0.6) is 5.75 Å². The topological polar surface area (TPSA) is 79.7 Å². The molecular weight excluding hydrogens is 481 g/mol. The molecule has 3 aromatic rings. The van der Waals surface area contributed by atoms with E-state index in [4.69, 9.17) is 0 Å². The molecule has 0 bridgehead atoms. The maximum absolute atomic E-state index is 13.1. The molecule has 35 heavy (non-hydrogen) atoms. The highest BCUT2D eigenvalue weighted by atomic mass is 32.1. The second-order valence-corrected chi connectivity index (χ2v) is 9.53. The number of Topliss-reactive ketones (excluding diaryl/α,β-unsaturated/α-hetero) is 1. The molecule has 0 radical (unpaired) electrons. The van der Waals surface area contributed by atoms with Gasteiger partial charge in [-0.3, -0.25) is 14.5 Å². The molecule has 1 N–H and O–H groups in total. The number of benzene rings is 2. The normalized spacial score (nSPS) is 17.9. The number of carbonyl (C=O) groups excluding carboxylic acids is 2. The highest BCUT2D eigenvalue weighted by Gasteiger charge is 2.48. The number of halogens is 3. The van der Waals surface area contributed by atoms with E-state index in [0.717, 1.165) is 27.5 Å². The summed E-state index contributed by atoms with van der Waals surface area (Å²) >= 11 is 1.18. The summed E-state index contributed by atoms with van der Waals surface area (Å²) in [6.45, 7) is 5.82. The summed E-state index contributed by atoms with van der Waals surface area (Å²) in [6.07, 6.45) is -3.32. The van der Waals surface area contributed by atoms with Gasteiger partial charge in [-0.1, -0.05) is 50.2 Å². The minimum absolute atomic E-state index is 0.176. The van der Waals surface area contributed by atoms with Crippen LogP contribution in [-0.2, 0) is 9.59 Å². The zero-order chi connectivity index (χ0) is 25.5. The van der Waals surface area contributed by atoms with Crippen molar-refractivity contribution in [2.75, 3.05) is 4.90 Å². The molecule has 0 saturated carbocycles. The lowest BCUT2D eigenvalue weighted by Crippen LogP contribution is -2.29. The van der Waals surface area contributed by atoms with Gasteiger partial charge in [-0.15, -0.1) is 24.5 Å². The fourth-order valence-corrected chi connectivity index (χ4v) is 4.62. The van der Waals surface area contributed by atoms with Crippen LogP contribution in [0.4, 0.5) is 18.3 Å². The molecule has 1 amide bonds. The average Bonchev–Trinajstić information content (AvgIpc) is 3.33. The quantitative estimate of drug-likeness (QED) is 0.259. The number of ether oxygens (including phenoxy) is 1. The lowest BCUT2D eigenvalue weighted by atomic mass is 9.94. The number of hydrogen-bond donors (Lipinski definition) is 1. The number of aliphatic hydroxyl groups excluding tert-OH is 1. The van der Waals surface area contributed by atoms with E-state index in [1.807, 2.05) is 26.0 Å². The molecule has 2 heterocycles. The number of nitrogens with zero attached hydrogens (tertiary/aromatic N) is 2. The number of aliphatic hydroxyl groups is 1. The molecule has 6 nitrogen and oxygen atoms in total. The van der Waals surface area contributed by atoms with Gasteiger partial charge in [-0.2, -0.15) is 0 Å². The van der Waals surface area contributed by atoms with Crippen LogP contribution < -0.4 is 9.64 Å². The van der Waals surface area contributed by atoms with Gasteiger partial charge in [-0.25, -0.2) is 4.98 Å². The van der Waals surface area contributed by atoms with Crippen LogP contribution in [0.15, 0.2) is 60.3 Å². The van der Waals surface area contributed by atoms with Crippen LogP contribution in [0, 0.1) is 6.92 Å². The summed E-state index contributed by atoms with van der Waals surface area (Å²) in [5.74, 6) is -2.38. The number of ketones is 1. The average molecular weight is 503 g/mol. The first-order valence-electron chi connectivity index (χ1n) is 10.7. The lowest BCUT2D eigenvalue weighted by molar-refractivity contribution is -0.274. The number of thiazole rings is 1. The van der Waals surface area contributed by atoms with Crippen molar-refractivity contribution in [2.24, 2.45) is 0 Å². The first-order valence-corrected chi connectivity index (χ1v) is 11.5. The number of amides is 1. The van der Waals surface area contributed by atoms with Crippen molar-refractivity contribution in [2.45, 2.75) is 39.1 Å². The minimum atomic E-state index is -4.86. The van der Waals surface area contributed by atoms with Gasteiger partial charge in [-0.05, 0) is 36.1 Å². The van der Waals surface area contributed by atoms with Gasteiger partial charge in [0.05, 0.1) is 11.6 Å². The van der Waals surface area contributed by atoms with Crippen LogP contribution in [0.3, 0.4) is 0 Å². The molecule has 1 atom stereocenters. The maximum Gasteiger partial charge on any atom is 0.573 e. The molecule has 2 aromatic carbocycles. The Balaban J connectivity index is 1.84. The smallest absolute Gasteiger partial charge is 0.507 e. The molecule has 10 heteroatoms. The summed E-state index contributed by atoms with van der Waals surface area (Å²) in [7, 11) is 0. The SMILES string of the molecule is Cc1cnc(N2C(=O)C(=O)/C(=C(/O)c3ccc(C(C)C)cc3)C2c2ccc(OC(F)(F)F)cc2)s1. The first kappa shape index (κ1) is 24.5. The fourth-order valence-electron chi connectivity index (χ4n) is 3.83. The van der Waals surface area contributed by atoms with E-state index in [-0.39, 0.29) is 22.4 Å². The van der Waals surface area contributed by atoms with Crippen molar-refractivity contribution in [3.05, 3.63) is 81.9 Å². The number of hydrogen-bond acceptors (Lipinski definition) is 6. The Labute approximate surface area is 203 Å². The van der Waals surface area contributed by atoms with Crippen molar-refractivity contribution < 1.29 is 32.6 Å². The van der Waals surface area contributed by atoms with Crippen molar-refractivity contribution in [3.8, 4) is 5.75 Å². The monoisotopic (exact) mass is 502 g/mol. The highest BCUT2D eigenvalue weighted by molar-refractivity contribution is 7.15. The third-order valence-corrected chi connectivity index (χ3v) is 6.45. The first-order chi connectivity index (χ1) is 16.5. The van der Waals surface area contributed by atoms with E-state index < -0.39 is 29.8 Å². The van der Waals surface area contributed by atoms with E-state index in [0.29, 0.717) is 11.1 Å². The van der Waals surface area contributed by atoms with Crippen LogP contribution in [0.25, 0.3) is 5.76 Å². The van der Waals surface area contributed by atoms with E-state index in [9.17, 15) is 27.9 Å². The standard InChI is InChI=1S/C25H21F3N2O4S/c1-13(2)15-4-6-17(7-5-15)21(31)19-20(16-8-10-18(11-9-16)34-25(26,27)28)30(23(33)22(19)32)24-29-12-14(3)35-24/h4-13,20,31H,1-3H3/b21-19+. The van der Waals surface area contributed by atoms with Crippen molar-refractivity contribution in [1.82, 2.24) is 4.98 Å². The molecule has 0 aliphatic carbocycles. The van der Waals surface area contributed by atoms with Gasteiger partial charge in [0.25, 0.3) is 5.78 Å². The predicted molar refractivity (Wildman–Crippen MR) is 125 cm³/mol. The molecule has 1 aliphatic heterocycles. The van der Waals surface area contributed by atoms with E-state index in [2.05, 4.69) is 9.72 Å². The summed E-state index contributed by atoms with van der Waals surface area (Å²) in [4.78, 5) is 32.4. The Morgan fingerprint density at radius 3 is 2.23 bits per heavy atom. The van der Waals surface area contributed by atoms with Gasteiger partial charge >= 0.3 is 12.3 Å². The zero-order valence-electron chi connectivity index (χ0n) is 19.0. The number of aromatic nitrogens is 1. The Kier molecular flexibility index (Phi) is 6.42. The minimum Gasteiger partial charge on any atom is -0.507 e. The highest BCUT2D eigenvalue weighted by Crippen LogP contribution is 2.43. The third kappa shape index (κ3) is 4.93. The second-order valence-electron chi connectivity index (χ2n) is 8.32. The molecule has 1 aromatic heterocycles. The molecule has 1 fully saturated rings. The van der Waals surface area contributed by atoms with E-state index in [1.54, 1.807) is 25.3 Å². The van der Waals surface area contributed by atoms with Crippen LogP contribution in [0.2, 0.25) is 0 Å². The molecule has 182 valence electrons. The van der Waals surface area contributed by atoms with Crippen LogP contribution in [-0.4, -0.2) is 28.1 Å². The van der Waals surface area contributed by atoms with Gasteiger partial charge in [0.1, 0.15) is 11.5 Å². The molecule has 0 spiro atoms. The van der Waals surface area contributed by atoms with Crippen molar-refractivity contribution >= 4 is 33.9 Å². The van der Waals surface area contributed by atoms with Crippen molar-refractivity contribution in [3.63, 3.8) is 0 Å². The lowest BCUT2D eigenvalue weighted by Gasteiger charge is -2.23. The number of aryl methyl sites for hydroxylation is 1. The summed E-state index contributed by atoms with van der Waals surface area (Å²) < 4.78 is 41.7. The number of alkyl halides is 3. The maximum atomic E-state index is 13.1. The van der Waals surface area contributed by atoms with Crippen LogP contribution in [0.1, 0.15) is 47.4 Å². The number of rotatable bonds is 5. The largest absolute Gasteiger partial charge is 0.573 e. The Morgan fingerprint density at radius 2 is 1.71 bits per heavy atom. The van der Waals surface area contributed by atoms with Gasteiger partial charge in [0.2, 0.25) is 0 Å². The van der Waals surface area contributed by atoms with E-state index >= 15 is 0 Å². The number of anilines is 1. The molecule has 1 saturated heterocycles. The molecule has 1 unspecified atom stereocenters. The second kappa shape index (κ2) is 9.18. The Hall–Kier alpha value is -3.66. The Morgan fingerprint density at radius 1 is 1.09 bits per heavy atom. The molecule has 1 aliphatic rings. The van der Waals surface area contributed by atoms with Gasteiger partial charge in [0, 0.05) is 16.6 Å². The summed E-state index contributed by atoms with van der Waals surface area (Å²) in [6, 6.07) is 10.7. The number of carbonyl (C=O) groups is 2. The van der Waals surface area contributed by atoms with Gasteiger partial charge in [0.15, 0.2) is 5.13 Å². The van der Waals surface area contributed by atoms with Crippen LogP contribution >= 0.6 is 11.3 Å². The van der Waals surface area contributed by atoms with Gasteiger partial charge < -0.3 is 9.84 Å². The Bertz CT molecular complexity index is 1300. The molecular formula is C25H21F3N2O4S. The third-order valence-electron chi connectivity index (χ3n) is 5.54. The zero-order valence-corrected chi connectivity index (χ0v) is 19.8. The summed E-state index contributed by atoms with van der Waals surface area (Å²) in [5, 5.41) is 11.4. The summed E-state index contributed by atoms with van der Waals surface area (Å²) in [5.41, 5.74) is 1.50. The predicted octanol–water partition coefficient (Wildman–Crippen LogP) is 6.10. The molecule has 4 rings (SSSR count).